The van der Waals surface area contributed by atoms with Gasteiger partial charge in [-0.3, -0.25) is 14.7 Å². The summed E-state index contributed by atoms with van der Waals surface area (Å²) in [5.41, 5.74) is 1.44. The maximum absolute atomic E-state index is 12.9. The van der Waals surface area contributed by atoms with E-state index in [0.29, 0.717) is 12.1 Å². The Morgan fingerprint density at radius 2 is 2.08 bits per heavy atom. The van der Waals surface area contributed by atoms with E-state index in [4.69, 9.17) is 0 Å². The van der Waals surface area contributed by atoms with Crippen LogP contribution in [0.3, 0.4) is 0 Å². The first kappa shape index (κ1) is 17.1. The molecule has 25 heavy (non-hydrogen) atoms. The molecule has 6 nitrogen and oxygen atoms in total. The van der Waals surface area contributed by atoms with E-state index < -0.39 is 0 Å². The van der Waals surface area contributed by atoms with Gasteiger partial charge in [-0.15, -0.1) is 0 Å². The van der Waals surface area contributed by atoms with Gasteiger partial charge in [-0.25, -0.2) is 4.39 Å². The minimum absolute atomic E-state index is 0.0311. The fourth-order valence-corrected chi connectivity index (χ4v) is 3.10. The van der Waals surface area contributed by atoms with E-state index in [1.807, 2.05) is 11.0 Å². The van der Waals surface area contributed by atoms with Crippen LogP contribution >= 0.6 is 0 Å². The minimum Gasteiger partial charge on any atom is -0.352 e. The van der Waals surface area contributed by atoms with Crippen LogP contribution in [-0.2, 0) is 4.79 Å². The van der Waals surface area contributed by atoms with E-state index in [0.717, 1.165) is 25.1 Å². The van der Waals surface area contributed by atoms with Gasteiger partial charge in [0, 0.05) is 49.4 Å². The molecular weight excluding hydrogens is 323 g/mol. The van der Waals surface area contributed by atoms with Crippen molar-refractivity contribution in [1.29, 1.82) is 0 Å². The molecule has 1 saturated heterocycles. The number of H-pyrrole nitrogens is 1. The quantitative estimate of drug-likeness (QED) is 0.872. The second-order valence-electron chi connectivity index (χ2n) is 6.20. The second kappa shape index (κ2) is 7.92. The molecule has 132 valence electrons. The lowest BCUT2D eigenvalue weighted by molar-refractivity contribution is -0.132. The van der Waals surface area contributed by atoms with E-state index in [9.17, 15) is 14.0 Å². The molecule has 2 N–H and O–H groups in total. The zero-order valence-electron chi connectivity index (χ0n) is 13.9. The molecule has 2 heterocycles. The summed E-state index contributed by atoms with van der Waals surface area (Å²) in [7, 11) is 0. The summed E-state index contributed by atoms with van der Waals surface area (Å²) >= 11 is 0. The highest BCUT2D eigenvalue weighted by Crippen LogP contribution is 2.25. The van der Waals surface area contributed by atoms with Gasteiger partial charge in [0.25, 0.3) is 5.91 Å². The molecule has 0 saturated carbocycles. The minimum atomic E-state index is -0.386. The lowest BCUT2D eigenvalue weighted by atomic mass is 9.95. The molecule has 0 aliphatic carbocycles. The Morgan fingerprint density at radius 3 is 2.80 bits per heavy atom. The molecule has 0 spiro atoms. The van der Waals surface area contributed by atoms with Gasteiger partial charge in [-0.05, 0) is 43.2 Å². The molecule has 0 bridgehead atoms. The lowest BCUT2D eigenvalue weighted by Gasteiger charge is -2.32. The van der Waals surface area contributed by atoms with Crippen molar-refractivity contribution in [2.75, 3.05) is 19.6 Å². The Balaban J connectivity index is 1.45. The second-order valence-corrected chi connectivity index (χ2v) is 6.20. The summed E-state index contributed by atoms with van der Waals surface area (Å²) in [6, 6.07) is 7.27. The van der Waals surface area contributed by atoms with Gasteiger partial charge in [-0.2, -0.15) is 5.10 Å². The summed E-state index contributed by atoms with van der Waals surface area (Å²) in [6.07, 6.45) is 3.97. The van der Waals surface area contributed by atoms with Crippen LogP contribution in [0.1, 0.15) is 41.2 Å². The smallest absolute Gasteiger partial charge is 0.251 e. The molecule has 1 fully saturated rings. The third-order valence-corrected chi connectivity index (χ3v) is 4.47. The Morgan fingerprint density at radius 1 is 1.28 bits per heavy atom. The summed E-state index contributed by atoms with van der Waals surface area (Å²) in [5.74, 6) is -0.372. The topological polar surface area (TPSA) is 78.1 Å². The Bertz CT molecular complexity index is 715. The van der Waals surface area contributed by atoms with Crippen molar-refractivity contribution in [3.63, 3.8) is 0 Å². The molecule has 1 aromatic carbocycles. The average molecular weight is 344 g/mol. The van der Waals surface area contributed by atoms with Crippen molar-refractivity contribution in [3.05, 3.63) is 53.6 Å². The van der Waals surface area contributed by atoms with Gasteiger partial charge in [0.2, 0.25) is 5.91 Å². The van der Waals surface area contributed by atoms with Gasteiger partial charge in [-0.1, -0.05) is 0 Å². The molecule has 1 aliphatic rings. The summed E-state index contributed by atoms with van der Waals surface area (Å²) in [4.78, 5) is 26.2. The standard InChI is InChI=1S/C18H21FN4O2/c19-15-5-3-13(4-6-15)18(25)20-9-8-17(24)23-11-1-2-14(12-23)16-7-10-21-22-16/h3-7,10,14H,1-2,8-9,11-12H2,(H,20,25)(H,21,22). The van der Waals surface area contributed by atoms with Gasteiger partial charge in [0.1, 0.15) is 5.82 Å². The number of halogens is 1. The van der Waals surface area contributed by atoms with Crippen LogP contribution in [0.4, 0.5) is 4.39 Å². The highest BCUT2D eigenvalue weighted by Gasteiger charge is 2.25. The van der Waals surface area contributed by atoms with Crippen molar-refractivity contribution in [2.24, 2.45) is 0 Å². The highest BCUT2D eigenvalue weighted by molar-refractivity contribution is 5.94. The first-order valence-electron chi connectivity index (χ1n) is 8.44. The zero-order chi connectivity index (χ0) is 17.6. The maximum Gasteiger partial charge on any atom is 0.251 e. The number of rotatable bonds is 5. The van der Waals surface area contributed by atoms with Crippen molar-refractivity contribution < 1.29 is 14.0 Å². The number of nitrogens with one attached hydrogen (secondary N) is 2. The normalized spacial score (nSPS) is 17.3. The Labute approximate surface area is 145 Å². The molecule has 1 aromatic heterocycles. The molecule has 3 rings (SSSR count). The molecule has 7 heteroatoms. The number of hydrogen-bond donors (Lipinski definition) is 2. The van der Waals surface area contributed by atoms with Gasteiger partial charge in [0.15, 0.2) is 0 Å². The van der Waals surface area contributed by atoms with Crippen molar-refractivity contribution in [3.8, 4) is 0 Å². The number of aromatic amines is 1. The molecule has 0 radical (unpaired) electrons. The largest absolute Gasteiger partial charge is 0.352 e. The number of piperidine rings is 1. The van der Waals surface area contributed by atoms with Crippen LogP contribution in [0.15, 0.2) is 36.5 Å². The fourth-order valence-electron chi connectivity index (χ4n) is 3.10. The average Bonchev–Trinajstić information content (AvgIpc) is 3.17. The maximum atomic E-state index is 12.9. The lowest BCUT2D eigenvalue weighted by Crippen LogP contribution is -2.40. The van der Waals surface area contributed by atoms with E-state index in [1.165, 1.54) is 24.3 Å². The van der Waals surface area contributed by atoms with Crippen LogP contribution < -0.4 is 5.32 Å². The monoisotopic (exact) mass is 344 g/mol. The zero-order valence-corrected chi connectivity index (χ0v) is 13.9. The summed E-state index contributed by atoms with van der Waals surface area (Å²) in [6.45, 7) is 1.68. The van der Waals surface area contributed by atoms with E-state index in [1.54, 1.807) is 6.20 Å². The SMILES string of the molecule is O=C(NCCC(=O)N1CCCC(c2ccn[nH]2)C1)c1ccc(F)cc1. The number of nitrogens with zero attached hydrogens (tertiary/aromatic N) is 2. The van der Waals surface area contributed by atoms with Crippen molar-refractivity contribution >= 4 is 11.8 Å². The third-order valence-electron chi connectivity index (χ3n) is 4.47. The van der Waals surface area contributed by atoms with Gasteiger partial charge >= 0.3 is 0 Å². The number of carbonyl (C=O) groups is 2. The van der Waals surface area contributed by atoms with Gasteiger partial charge < -0.3 is 10.2 Å². The first-order valence-corrected chi connectivity index (χ1v) is 8.44. The predicted molar refractivity (Wildman–Crippen MR) is 90.5 cm³/mol. The number of likely N-dealkylation sites (tertiary alicyclic amines) is 1. The van der Waals surface area contributed by atoms with Crippen LogP contribution in [0.2, 0.25) is 0 Å². The summed E-state index contributed by atoms with van der Waals surface area (Å²) < 4.78 is 12.9. The van der Waals surface area contributed by atoms with Crippen LogP contribution in [-0.4, -0.2) is 46.5 Å². The molecule has 1 unspecified atom stereocenters. The van der Waals surface area contributed by atoms with Crippen LogP contribution in [0, 0.1) is 5.82 Å². The highest BCUT2D eigenvalue weighted by atomic mass is 19.1. The molecular formula is C18H21FN4O2. The van der Waals surface area contributed by atoms with Crippen molar-refractivity contribution in [2.45, 2.75) is 25.2 Å². The summed E-state index contributed by atoms with van der Waals surface area (Å²) in [5, 5.41) is 9.65. The van der Waals surface area contributed by atoms with E-state index in [2.05, 4.69) is 15.5 Å². The number of benzene rings is 1. The van der Waals surface area contributed by atoms with Crippen LogP contribution in [0.25, 0.3) is 0 Å². The Kier molecular flexibility index (Phi) is 5.42. The van der Waals surface area contributed by atoms with Crippen molar-refractivity contribution in [1.82, 2.24) is 20.4 Å². The number of amides is 2. The Hall–Kier alpha value is -2.70. The van der Waals surface area contributed by atoms with Gasteiger partial charge in [0.05, 0.1) is 0 Å². The first-order chi connectivity index (χ1) is 12.1. The number of hydrogen-bond acceptors (Lipinski definition) is 3. The number of carbonyl (C=O) groups excluding carboxylic acids is 2. The van der Waals surface area contributed by atoms with Crippen LogP contribution in [0.5, 0.6) is 0 Å². The van der Waals surface area contributed by atoms with E-state index in [-0.39, 0.29) is 36.5 Å². The van der Waals surface area contributed by atoms with E-state index >= 15 is 0 Å². The fraction of sp³-hybridized carbons (Fsp3) is 0.389. The molecule has 1 atom stereocenters. The third kappa shape index (κ3) is 4.43. The molecule has 1 aliphatic heterocycles. The predicted octanol–water partition coefficient (Wildman–Crippen LogP) is 2.07. The molecule has 2 amide bonds. The molecule has 2 aromatic rings. The number of aromatic nitrogens is 2.